The van der Waals surface area contributed by atoms with Gasteiger partial charge >= 0.3 is 7.12 Å². The second kappa shape index (κ2) is 22.1. The summed E-state index contributed by atoms with van der Waals surface area (Å²) in [5.41, 5.74) is 17.8. The van der Waals surface area contributed by atoms with Crippen LogP contribution in [-0.4, -0.2) is 42.5 Å². The Labute approximate surface area is 475 Å². The number of rotatable bonds is 9. The first kappa shape index (κ1) is 57.8. The first-order valence-corrected chi connectivity index (χ1v) is 28.1. The molecule has 0 unspecified atom stereocenters. The van der Waals surface area contributed by atoms with Crippen molar-refractivity contribution in [2.75, 3.05) is 14.2 Å². The summed E-state index contributed by atoms with van der Waals surface area (Å²) in [6.07, 6.45) is 0. The van der Waals surface area contributed by atoms with Crippen LogP contribution in [0.2, 0.25) is 0 Å². The molecule has 0 radical (unpaired) electrons. The van der Waals surface area contributed by atoms with Crippen molar-refractivity contribution >= 4 is 28.5 Å². The highest BCUT2D eigenvalue weighted by Gasteiger charge is 2.51. The predicted molar refractivity (Wildman–Crippen MR) is 332 cm³/mol. The molecule has 0 bridgehead atoms. The van der Waals surface area contributed by atoms with Crippen molar-refractivity contribution in [2.45, 2.75) is 144 Å². The summed E-state index contributed by atoms with van der Waals surface area (Å²) < 4.78 is 25.3. The summed E-state index contributed by atoms with van der Waals surface area (Å²) >= 11 is 3.62. The number of pyridine rings is 2. The van der Waals surface area contributed by atoms with E-state index < -0.39 is 18.3 Å². The van der Waals surface area contributed by atoms with Crippen molar-refractivity contribution in [2.24, 2.45) is 0 Å². The van der Waals surface area contributed by atoms with E-state index in [2.05, 4.69) is 242 Å². The molecule has 9 rings (SSSR count). The Hall–Kier alpha value is -6.32. The number of benzene rings is 6. The molecule has 0 aliphatic carbocycles. The Morgan fingerprint density at radius 2 is 0.731 bits per heavy atom. The number of ether oxygens (including phenoxy) is 2. The number of nitrogens with zero attached hydrogens (tertiary/aromatic N) is 2. The molecule has 0 saturated carbocycles. The zero-order valence-corrected chi connectivity index (χ0v) is 51.1. The second-order valence-corrected chi connectivity index (χ2v) is 26.9. The highest BCUT2D eigenvalue weighted by Crippen LogP contribution is 2.42. The van der Waals surface area contributed by atoms with Crippen LogP contribution < -0.4 is 14.9 Å². The van der Waals surface area contributed by atoms with E-state index in [1.807, 2.05) is 42.5 Å². The summed E-state index contributed by atoms with van der Waals surface area (Å²) in [5.74, 6) is 1.61. The minimum atomic E-state index is -0.445. The van der Waals surface area contributed by atoms with E-state index in [0.29, 0.717) is 0 Å². The third kappa shape index (κ3) is 13.1. The number of aromatic nitrogens is 2. The molecule has 1 saturated heterocycles. The first-order valence-electron chi connectivity index (χ1n) is 27.3. The lowest BCUT2D eigenvalue weighted by Gasteiger charge is -2.32. The zero-order valence-electron chi connectivity index (χ0n) is 49.5. The fraction of sp³-hybridized carbons (Fsp3) is 0.343. The fourth-order valence-electron chi connectivity index (χ4n) is 9.47. The van der Waals surface area contributed by atoms with Crippen LogP contribution in [-0.2, 0) is 31.0 Å². The lowest BCUT2D eigenvalue weighted by Crippen LogP contribution is -2.41. The van der Waals surface area contributed by atoms with Gasteiger partial charge in [0.25, 0.3) is 0 Å². The third-order valence-corrected chi connectivity index (χ3v) is 15.7. The monoisotopic (exact) mass is 1100 g/mol. The highest BCUT2D eigenvalue weighted by molar-refractivity contribution is 9.10. The van der Waals surface area contributed by atoms with E-state index in [9.17, 15) is 0 Å². The average Bonchev–Trinajstić information content (AvgIpc) is 3.68. The molecule has 2 aromatic heterocycles. The molecule has 1 aliphatic rings. The Kier molecular flexibility index (Phi) is 16.4. The standard InChI is InChI=1S/C38H46BNO3.C32H34BrNO/c1-35(2,3)28-19-26(20-29(24-28)36(4,5)6)27-22-32(40-33(23-27)31-17-12-13-18-34(31)41-11)25-15-14-16-30(21-25)39-42-37(7,8)38(9,10)43-39;1-31(2,3)24-15-22(16-25(20-24)32(4,5)6)23-18-28(21-11-10-12-26(33)17-21)34-29(19-23)27-13-8-9-14-30(27)35-7/h12-24H,1-11H3;8-20H,1-7H3. The maximum absolute atomic E-state index is 6.39. The molecule has 1 fully saturated rings. The Morgan fingerprint density at radius 3 is 1.10 bits per heavy atom. The second-order valence-electron chi connectivity index (χ2n) is 26.0. The van der Waals surface area contributed by atoms with Crippen LogP contribution in [0.1, 0.15) is 133 Å². The van der Waals surface area contributed by atoms with Gasteiger partial charge in [-0.2, -0.15) is 0 Å². The van der Waals surface area contributed by atoms with Crippen molar-refractivity contribution in [1.29, 1.82) is 0 Å². The maximum Gasteiger partial charge on any atom is 0.494 e. The predicted octanol–water partition coefficient (Wildman–Crippen LogP) is 18.4. The highest BCUT2D eigenvalue weighted by atomic mass is 79.9. The first-order chi connectivity index (χ1) is 36.4. The summed E-state index contributed by atoms with van der Waals surface area (Å²) in [6.45, 7) is 35.6. The van der Waals surface area contributed by atoms with Crippen LogP contribution in [0, 0.1) is 0 Å². The molecule has 6 aromatic carbocycles. The molecule has 0 amide bonds. The van der Waals surface area contributed by atoms with E-state index in [-0.39, 0.29) is 21.7 Å². The van der Waals surface area contributed by atoms with Gasteiger partial charge in [0.05, 0.1) is 48.2 Å². The van der Waals surface area contributed by atoms with Gasteiger partial charge in [0, 0.05) is 21.2 Å². The van der Waals surface area contributed by atoms with Crippen LogP contribution in [0.25, 0.3) is 67.3 Å². The van der Waals surface area contributed by atoms with Gasteiger partial charge < -0.3 is 18.8 Å². The minimum Gasteiger partial charge on any atom is -0.496 e. The molecule has 6 nitrogen and oxygen atoms in total. The number of halogens is 1. The van der Waals surface area contributed by atoms with Gasteiger partial charge in [0.15, 0.2) is 0 Å². The fourth-order valence-corrected chi connectivity index (χ4v) is 9.87. The lowest BCUT2D eigenvalue weighted by atomic mass is 9.78. The molecular weight excluding hydrogens is 1020 g/mol. The normalized spacial score (nSPS) is 14.4. The van der Waals surface area contributed by atoms with Crippen LogP contribution in [0.15, 0.2) is 162 Å². The average molecular weight is 1100 g/mol. The largest absolute Gasteiger partial charge is 0.496 e. The van der Waals surface area contributed by atoms with Gasteiger partial charge in [-0.15, -0.1) is 0 Å². The third-order valence-electron chi connectivity index (χ3n) is 15.2. The van der Waals surface area contributed by atoms with Crippen LogP contribution >= 0.6 is 15.9 Å². The summed E-state index contributed by atoms with van der Waals surface area (Å²) in [6, 6.07) is 55.7. The number of para-hydroxylation sites is 2. The molecule has 0 atom stereocenters. The van der Waals surface area contributed by atoms with E-state index >= 15 is 0 Å². The molecule has 0 N–H and O–H groups in total. The van der Waals surface area contributed by atoms with E-state index in [1.165, 1.54) is 33.4 Å². The Bertz CT molecular complexity index is 3380. The molecule has 8 heteroatoms. The molecule has 78 heavy (non-hydrogen) atoms. The number of methoxy groups -OCH3 is 2. The number of hydrogen-bond acceptors (Lipinski definition) is 6. The van der Waals surface area contributed by atoms with Crippen molar-refractivity contribution in [3.8, 4) is 78.8 Å². The quantitative estimate of drug-likeness (QED) is 0.134. The maximum atomic E-state index is 6.39. The number of hydrogen-bond donors (Lipinski definition) is 0. The van der Waals surface area contributed by atoms with E-state index in [1.54, 1.807) is 14.2 Å². The molecule has 8 aromatic rings. The lowest BCUT2D eigenvalue weighted by molar-refractivity contribution is 0.00578. The molecular formula is C70H80BBrN2O4. The van der Waals surface area contributed by atoms with Crippen LogP contribution in [0.3, 0.4) is 0 Å². The molecule has 404 valence electrons. The topological polar surface area (TPSA) is 62.7 Å². The molecule has 1 aliphatic heterocycles. The summed E-state index contributed by atoms with van der Waals surface area (Å²) in [7, 11) is 2.97. The van der Waals surface area contributed by atoms with Gasteiger partial charge in [-0.1, -0.05) is 196 Å². The summed E-state index contributed by atoms with van der Waals surface area (Å²) in [5, 5.41) is 0. The Morgan fingerprint density at radius 1 is 0.385 bits per heavy atom. The van der Waals surface area contributed by atoms with Gasteiger partial charge in [-0.25, -0.2) is 9.97 Å². The van der Waals surface area contributed by atoms with Crippen LogP contribution in [0.5, 0.6) is 11.5 Å². The van der Waals surface area contributed by atoms with Crippen molar-refractivity contribution < 1.29 is 18.8 Å². The zero-order chi connectivity index (χ0) is 56.8. The minimum absolute atomic E-state index is 0.00845. The van der Waals surface area contributed by atoms with Crippen LogP contribution in [0.4, 0.5) is 0 Å². The molecule has 3 heterocycles. The van der Waals surface area contributed by atoms with Gasteiger partial charge in [0.1, 0.15) is 11.5 Å². The van der Waals surface area contributed by atoms with Crippen molar-refractivity contribution in [3.63, 3.8) is 0 Å². The van der Waals surface area contributed by atoms with E-state index in [0.717, 1.165) is 77.6 Å². The Balaban J connectivity index is 0.000000210. The van der Waals surface area contributed by atoms with Gasteiger partial charge in [-0.05, 0) is 166 Å². The summed E-state index contributed by atoms with van der Waals surface area (Å²) in [4.78, 5) is 10.3. The SMILES string of the molecule is COc1ccccc1-c1cc(-c2cc(C(C)(C)C)cc(C(C)(C)C)c2)cc(-c2cccc(B3OC(C)(C)C(C)(C)O3)c2)n1.COc1ccccc1-c1cc(-c2cc(C(C)(C)C)cc(C(C)(C)C)c2)cc(-c2cccc(Br)c2)n1. The van der Waals surface area contributed by atoms with Crippen molar-refractivity contribution in [1.82, 2.24) is 9.97 Å². The smallest absolute Gasteiger partial charge is 0.494 e. The molecule has 0 spiro atoms. The van der Waals surface area contributed by atoms with Crippen molar-refractivity contribution in [3.05, 3.63) is 184 Å². The van der Waals surface area contributed by atoms with E-state index in [4.69, 9.17) is 28.8 Å². The van der Waals surface area contributed by atoms with Gasteiger partial charge in [0.2, 0.25) is 0 Å². The van der Waals surface area contributed by atoms with Gasteiger partial charge in [-0.3, -0.25) is 0 Å².